The first-order valence-electron chi connectivity index (χ1n) is 6.06. The second kappa shape index (κ2) is 7.41. The van der Waals surface area contributed by atoms with Crippen LogP contribution in [0.4, 0.5) is 0 Å². The van der Waals surface area contributed by atoms with Crippen molar-refractivity contribution in [1.82, 2.24) is 0 Å². The normalized spacial score (nSPS) is 10.8. The fourth-order valence-electron chi connectivity index (χ4n) is 1.60. The Bertz CT molecular complexity index is 363. The lowest BCUT2D eigenvalue weighted by atomic mass is 10.1. The molecule has 0 unspecified atom stereocenters. The predicted molar refractivity (Wildman–Crippen MR) is 76.1 cm³/mol. The number of nitrogens with two attached hydrogens (primary N) is 1. The van der Waals surface area contributed by atoms with Crippen LogP contribution in [-0.2, 0) is 11.3 Å². The summed E-state index contributed by atoms with van der Waals surface area (Å²) < 4.78 is 5.62. The van der Waals surface area contributed by atoms with E-state index in [9.17, 15) is 0 Å². The lowest BCUT2D eigenvalue weighted by Crippen LogP contribution is -2.09. The van der Waals surface area contributed by atoms with Crippen LogP contribution in [0.5, 0.6) is 0 Å². The molecular weight excluding hydrogens is 230 g/mol. The summed E-state index contributed by atoms with van der Waals surface area (Å²) in [5.74, 6) is 0.747. The Labute approximate surface area is 109 Å². The van der Waals surface area contributed by atoms with Crippen molar-refractivity contribution in [2.24, 2.45) is 11.7 Å². The SMILES string of the molecule is CC(C)CCCOCc1cccc(C(N)=S)c1. The molecule has 0 heterocycles. The maximum atomic E-state index is 5.62. The fraction of sp³-hybridized carbons (Fsp3) is 0.500. The Kier molecular flexibility index (Phi) is 6.16. The van der Waals surface area contributed by atoms with Crippen molar-refractivity contribution in [3.8, 4) is 0 Å². The summed E-state index contributed by atoms with van der Waals surface area (Å²) in [5, 5.41) is 0. The van der Waals surface area contributed by atoms with Gasteiger partial charge in [-0.25, -0.2) is 0 Å². The summed E-state index contributed by atoms with van der Waals surface area (Å²) in [6.45, 7) is 5.90. The van der Waals surface area contributed by atoms with Gasteiger partial charge < -0.3 is 10.5 Å². The van der Waals surface area contributed by atoms with E-state index in [2.05, 4.69) is 13.8 Å². The van der Waals surface area contributed by atoms with Gasteiger partial charge in [0.2, 0.25) is 0 Å². The molecule has 0 aliphatic heterocycles. The van der Waals surface area contributed by atoms with Gasteiger partial charge in [0.1, 0.15) is 4.99 Å². The largest absolute Gasteiger partial charge is 0.389 e. The van der Waals surface area contributed by atoms with Crippen LogP contribution < -0.4 is 5.73 Å². The summed E-state index contributed by atoms with van der Waals surface area (Å²) in [7, 11) is 0. The molecule has 0 bridgehead atoms. The van der Waals surface area contributed by atoms with E-state index in [1.807, 2.05) is 24.3 Å². The summed E-state index contributed by atoms with van der Waals surface area (Å²) in [6.07, 6.45) is 2.33. The van der Waals surface area contributed by atoms with Gasteiger partial charge in [-0.2, -0.15) is 0 Å². The van der Waals surface area contributed by atoms with E-state index in [0.717, 1.165) is 30.1 Å². The fourth-order valence-corrected chi connectivity index (χ4v) is 1.73. The van der Waals surface area contributed by atoms with Crippen molar-refractivity contribution in [3.63, 3.8) is 0 Å². The van der Waals surface area contributed by atoms with Crippen molar-refractivity contribution in [2.45, 2.75) is 33.3 Å². The molecule has 0 amide bonds. The molecule has 17 heavy (non-hydrogen) atoms. The minimum absolute atomic E-state index is 0.437. The Morgan fingerprint density at radius 1 is 1.41 bits per heavy atom. The van der Waals surface area contributed by atoms with Crippen LogP contribution >= 0.6 is 12.2 Å². The smallest absolute Gasteiger partial charge is 0.103 e. The van der Waals surface area contributed by atoms with E-state index in [-0.39, 0.29) is 0 Å². The summed E-state index contributed by atoms with van der Waals surface area (Å²) >= 11 is 4.94. The zero-order chi connectivity index (χ0) is 12.7. The van der Waals surface area contributed by atoms with Crippen LogP contribution in [0, 0.1) is 5.92 Å². The van der Waals surface area contributed by atoms with Crippen LogP contribution in [0.2, 0.25) is 0 Å². The zero-order valence-electron chi connectivity index (χ0n) is 10.6. The Morgan fingerprint density at radius 2 is 2.18 bits per heavy atom. The van der Waals surface area contributed by atoms with Gasteiger partial charge in [0.25, 0.3) is 0 Å². The molecule has 3 heteroatoms. The molecule has 2 N–H and O–H groups in total. The van der Waals surface area contributed by atoms with Gasteiger partial charge in [0.05, 0.1) is 6.61 Å². The molecule has 0 aliphatic rings. The quantitative estimate of drug-likeness (QED) is 0.596. The molecule has 0 saturated heterocycles. The van der Waals surface area contributed by atoms with E-state index in [0.29, 0.717) is 11.6 Å². The standard InChI is InChI=1S/C14H21NOS/c1-11(2)5-4-8-16-10-12-6-3-7-13(9-12)14(15)17/h3,6-7,9,11H,4-5,8,10H2,1-2H3,(H2,15,17). The first kappa shape index (κ1) is 14.1. The van der Waals surface area contributed by atoms with Crippen molar-refractivity contribution in [3.05, 3.63) is 35.4 Å². The zero-order valence-corrected chi connectivity index (χ0v) is 11.4. The Morgan fingerprint density at radius 3 is 2.82 bits per heavy atom. The van der Waals surface area contributed by atoms with Gasteiger partial charge in [-0.1, -0.05) is 44.3 Å². The number of thiocarbonyl (C=S) groups is 1. The average molecular weight is 251 g/mol. The summed E-state index contributed by atoms with van der Waals surface area (Å²) in [5.41, 5.74) is 7.61. The second-order valence-corrected chi connectivity index (χ2v) is 5.09. The van der Waals surface area contributed by atoms with Gasteiger partial charge in [-0.05, 0) is 30.4 Å². The lowest BCUT2D eigenvalue weighted by Gasteiger charge is -2.07. The summed E-state index contributed by atoms with van der Waals surface area (Å²) in [4.78, 5) is 0.437. The lowest BCUT2D eigenvalue weighted by molar-refractivity contribution is 0.115. The van der Waals surface area contributed by atoms with Crippen LogP contribution in [0.15, 0.2) is 24.3 Å². The highest BCUT2D eigenvalue weighted by Gasteiger charge is 1.99. The van der Waals surface area contributed by atoms with Gasteiger partial charge in [-0.3, -0.25) is 0 Å². The van der Waals surface area contributed by atoms with Crippen molar-refractivity contribution in [2.75, 3.05) is 6.61 Å². The van der Waals surface area contributed by atoms with Crippen LogP contribution in [0.1, 0.15) is 37.8 Å². The Hall–Kier alpha value is -0.930. The van der Waals surface area contributed by atoms with Crippen LogP contribution in [0.25, 0.3) is 0 Å². The number of benzene rings is 1. The van der Waals surface area contributed by atoms with E-state index in [1.54, 1.807) is 0 Å². The third-order valence-electron chi connectivity index (χ3n) is 2.55. The minimum atomic E-state index is 0.437. The molecule has 0 radical (unpaired) electrons. The maximum absolute atomic E-state index is 5.62. The molecule has 94 valence electrons. The molecule has 1 aromatic carbocycles. The van der Waals surface area contributed by atoms with Crippen LogP contribution in [-0.4, -0.2) is 11.6 Å². The minimum Gasteiger partial charge on any atom is -0.389 e. The highest BCUT2D eigenvalue weighted by atomic mass is 32.1. The van der Waals surface area contributed by atoms with Crippen molar-refractivity contribution < 1.29 is 4.74 Å². The number of hydrogen-bond donors (Lipinski definition) is 1. The van der Waals surface area contributed by atoms with E-state index < -0.39 is 0 Å². The van der Waals surface area contributed by atoms with Gasteiger partial charge in [0, 0.05) is 12.2 Å². The highest BCUT2D eigenvalue weighted by molar-refractivity contribution is 7.80. The third-order valence-corrected chi connectivity index (χ3v) is 2.79. The van der Waals surface area contributed by atoms with E-state index in [4.69, 9.17) is 22.7 Å². The molecule has 0 aromatic heterocycles. The number of ether oxygens (including phenoxy) is 1. The van der Waals surface area contributed by atoms with Crippen LogP contribution in [0.3, 0.4) is 0 Å². The van der Waals surface area contributed by atoms with Crippen molar-refractivity contribution in [1.29, 1.82) is 0 Å². The first-order valence-corrected chi connectivity index (χ1v) is 6.47. The maximum Gasteiger partial charge on any atom is 0.103 e. The topological polar surface area (TPSA) is 35.2 Å². The van der Waals surface area contributed by atoms with Gasteiger partial charge in [0.15, 0.2) is 0 Å². The molecule has 1 aromatic rings. The third kappa shape index (κ3) is 5.80. The Balaban J connectivity index is 2.31. The molecule has 0 saturated carbocycles. The molecule has 0 aliphatic carbocycles. The van der Waals surface area contributed by atoms with Crippen molar-refractivity contribution >= 4 is 17.2 Å². The highest BCUT2D eigenvalue weighted by Crippen LogP contribution is 2.08. The molecule has 2 nitrogen and oxygen atoms in total. The molecular formula is C14H21NOS. The van der Waals surface area contributed by atoms with E-state index in [1.165, 1.54) is 6.42 Å². The summed E-state index contributed by atoms with van der Waals surface area (Å²) in [6, 6.07) is 7.90. The predicted octanol–water partition coefficient (Wildman–Crippen LogP) is 3.27. The average Bonchev–Trinajstić information content (AvgIpc) is 2.28. The molecule has 1 rings (SSSR count). The monoisotopic (exact) mass is 251 g/mol. The first-order chi connectivity index (χ1) is 8.09. The second-order valence-electron chi connectivity index (χ2n) is 4.65. The number of rotatable bonds is 7. The van der Waals surface area contributed by atoms with E-state index >= 15 is 0 Å². The molecule has 0 spiro atoms. The molecule has 0 fully saturated rings. The van der Waals surface area contributed by atoms with Gasteiger partial charge >= 0.3 is 0 Å². The van der Waals surface area contributed by atoms with Gasteiger partial charge in [-0.15, -0.1) is 0 Å². The number of hydrogen-bond acceptors (Lipinski definition) is 2. The molecule has 0 atom stereocenters.